The van der Waals surface area contributed by atoms with Crippen molar-refractivity contribution in [2.24, 2.45) is 5.92 Å². The fourth-order valence-electron chi connectivity index (χ4n) is 2.93. The van der Waals surface area contributed by atoms with Crippen molar-refractivity contribution >= 4 is 29.2 Å². The zero-order valence-corrected chi connectivity index (χ0v) is 11.4. The number of hydrogen-bond donors (Lipinski definition) is 2. The van der Waals surface area contributed by atoms with Crippen molar-refractivity contribution < 1.29 is 19.4 Å². The fourth-order valence-corrected chi connectivity index (χ4v) is 3.17. The van der Waals surface area contributed by atoms with Crippen LogP contribution in [0.25, 0.3) is 0 Å². The van der Waals surface area contributed by atoms with Crippen LogP contribution in [0.1, 0.15) is 29.6 Å². The molecule has 3 rings (SSSR count). The molecular formula is C14H14ClNO4. The van der Waals surface area contributed by atoms with Crippen molar-refractivity contribution in [1.82, 2.24) is 0 Å². The summed E-state index contributed by atoms with van der Waals surface area (Å²) in [6, 6.07) is 4.29. The molecule has 1 aromatic rings. The number of anilines is 1. The number of carboxylic acids is 1. The third-order valence-corrected chi connectivity index (χ3v) is 4.07. The summed E-state index contributed by atoms with van der Waals surface area (Å²) >= 11 is 5.86. The second kappa shape index (κ2) is 5.07. The molecule has 2 bridgehead atoms. The first kappa shape index (κ1) is 13.4. The first-order chi connectivity index (χ1) is 9.52. The van der Waals surface area contributed by atoms with Crippen molar-refractivity contribution in [3.63, 3.8) is 0 Å². The number of carbonyl (C=O) groups is 2. The Bertz CT molecular complexity index is 574. The van der Waals surface area contributed by atoms with Crippen LogP contribution in [0, 0.1) is 5.92 Å². The van der Waals surface area contributed by atoms with Gasteiger partial charge in [0.2, 0.25) is 5.91 Å². The van der Waals surface area contributed by atoms with Gasteiger partial charge in [0.25, 0.3) is 0 Å². The van der Waals surface area contributed by atoms with Crippen LogP contribution in [-0.4, -0.2) is 29.2 Å². The molecule has 0 aromatic heterocycles. The van der Waals surface area contributed by atoms with Crippen LogP contribution in [0.3, 0.4) is 0 Å². The lowest BCUT2D eigenvalue weighted by molar-refractivity contribution is -0.121. The van der Waals surface area contributed by atoms with E-state index < -0.39 is 5.97 Å². The Morgan fingerprint density at radius 2 is 2.10 bits per heavy atom. The summed E-state index contributed by atoms with van der Waals surface area (Å²) in [6.07, 6.45) is 2.87. The second-order valence-corrected chi connectivity index (χ2v) is 5.68. The lowest BCUT2D eigenvalue weighted by Crippen LogP contribution is -2.30. The number of hydrogen-bond acceptors (Lipinski definition) is 3. The molecule has 0 aliphatic carbocycles. The summed E-state index contributed by atoms with van der Waals surface area (Å²) in [7, 11) is 0. The van der Waals surface area contributed by atoms with E-state index in [1.54, 1.807) is 6.07 Å². The molecule has 2 saturated heterocycles. The molecule has 2 aliphatic rings. The van der Waals surface area contributed by atoms with Gasteiger partial charge in [-0.2, -0.15) is 0 Å². The van der Waals surface area contributed by atoms with Gasteiger partial charge < -0.3 is 15.2 Å². The average molecular weight is 296 g/mol. The molecule has 2 fully saturated rings. The Balaban J connectivity index is 1.74. The van der Waals surface area contributed by atoms with E-state index in [2.05, 4.69) is 5.32 Å². The SMILES string of the molecule is O=C(O)c1cc(Cl)cc(NC(=O)C2CC3CCC2O3)c1. The third kappa shape index (κ3) is 2.51. The summed E-state index contributed by atoms with van der Waals surface area (Å²) in [5.74, 6) is -1.36. The molecule has 1 amide bonds. The van der Waals surface area contributed by atoms with Crippen LogP contribution in [-0.2, 0) is 9.53 Å². The Kier molecular flexibility index (Phi) is 3.40. The molecule has 20 heavy (non-hydrogen) atoms. The smallest absolute Gasteiger partial charge is 0.335 e. The summed E-state index contributed by atoms with van der Waals surface area (Å²) in [6.45, 7) is 0. The number of carbonyl (C=O) groups excluding carboxylic acids is 1. The highest BCUT2D eigenvalue weighted by molar-refractivity contribution is 6.31. The Morgan fingerprint density at radius 3 is 2.70 bits per heavy atom. The van der Waals surface area contributed by atoms with Gasteiger partial charge in [-0.15, -0.1) is 0 Å². The zero-order chi connectivity index (χ0) is 14.3. The number of rotatable bonds is 3. The zero-order valence-electron chi connectivity index (χ0n) is 10.6. The van der Waals surface area contributed by atoms with Crippen LogP contribution in [0.4, 0.5) is 5.69 Å². The minimum absolute atomic E-state index is 0.00173. The van der Waals surface area contributed by atoms with Gasteiger partial charge in [0.15, 0.2) is 0 Å². The number of carboxylic acid groups (broad SMARTS) is 1. The molecule has 1 aromatic carbocycles. The predicted octanol–water partition coefficient (Wildman–Crippen LogP) is 2.54. The third-order valence-electron chi connectivity index (χ3n) is 3.86. The lowest BCUT2D eigenvalue weighted by atomic mass is 9.88. The molecule has 6 heteroatoms. The van der Waals surface area contributed by atoms with Gasteiger partial charge in [-0.3, -0.25) is 4.79 Å². The number of fused-ring (bicyclic) bond motifs is 2. The molecule has 0 saturated carbocycles. The maximum atomic E-state index is 12.2. The average Bonchev–Trinajstić information content (AvgIpc) is 3.00. The monoisotopic (exact) mass is 295 g/mol. The van der Waals surface area contributed by atoms with E-state index in [1.807, 2.05) is 0 Å². The van der Waals surface area contributed by atoms with E-state index >= 15 is 0 Å². The van der Waals surface area contributed by atoms with Crippen molar-refractivity contribution in [2.75, 3.05) is 5.32 Å². The van der Waals surface area contributed by atoms with Gasteiger partial charge in [0.05, 0.1) is 23.7 Å². The molecule has 3 unspecified atom stereocenters. The van der Waals surface area contributed by atoms with E-state index in [0.717, 1.165) is 19.3 Å². The van der Waals surface area contributed by atoms with Gasteiger partial charge in [0, 0.05) is 10.7 Å². The second-order valence-electron chi connectivity index (χ2n) is 5.24. The molecule has 2 N–H and O–H groups in total. The number of nitrogens with one attached hydrogen (secondary N) is 1. The van der Waals surface area contributed by atoms with Gasteiger partial charge in [-0.05, 0) is 37.5 Å². The fraction of sp³-hybridized carbons (Fsp3) is 0.429. The first-order valence-electron chi connectivity index (χ1n) is 6.53. The topological polar surface area (TPSA) is 75.6 Å². The van der Waals surface area contributed by atoms with Crippen LogP contribution in [0.5, 0.6) is 0 Å². The van der Waals surface area contributed by atoms with E-state index in [-0.39, 0.29) is 34.6 Å². The predicted molar refractivity (Wildman–Crippen MR) is 73.0 cm³/mol. The van der Waals surface area contributed by atoms with E-state index in [1.165, 1.54) is 12.1 Å². The van der Waals surface area contributed by atoms with Crippen LogP contribution in [0.2, 0.25) is 5.02 Å². The van der Waals surface area contributed by atoms with Gasteiger partial charge in [0.1, 0.15) is 0 Å². The summed E-state index contributed by atoms with van der Waals surface area (Å²) in [5, 5.41) is 12.0. The molecule has 5 nitrogen and oxygen atoms in total. The quantitative estimate of drug-likeness (QED) is 0.898. The molecule has 2 heterocycles. The molecule has 2 aliphatic heterocycles. The van der Waals surface area contributed by atoms with E-state index in [0.29, 0.717) is 5.69 Å². The molecule has 0 spiro atoms. The standard InChI is InChI=1S/C14H14ClNO4/c15-8-3-7(14(18)19)4-9(5-8)16-13(17)11-6-10-1-2-12(11)20-10/h3-5,10-12H,1-2,6H2,(H,16,17)(H,18,19). The van der Waals surface area contributed by atoms with Gasteiger partial charge in [-0.1, -0.05) is 11.6 Å². The first-order valence-corrected chi connectivity index (χ1v) is 6.91. The molecule has 106 valence electrons. The van der Waals surface area contributed by atoms with E-state index in [4.69, 9.17) is 21.4 Å². The summed E-state index contributed by atoms with van der Waals surface area (Å²) in [5.41, 5.74) is 0.458. The largest absolute Gasteiger partial charge is 0.478 e. The number of amides is 1. The molecule has 0 radical (unpaired) electrons. The maximum absolute atomic E-state index is 12.2. The highest BCUT2D eigenvalue weighted by Gasteiger charge is 2.44. The van der Waals surface area contributed by atoms with Crippen molar-refractivity contribution in [2.45, 2.75) is 31.5 Å². The number of ether oxygens (including phenoxy) is 1. The normalized spacial score (nSPS) is 27.6. The summed E-state index contributed by atoms with van der Waals surface area (Å²) < 4.78 is 5.65. The van der Waals surface area contributed by atoms with Crippen LogP contribution in [0.15, 0.2) is 18.2 Å². The van der Waals surface area contributed by atoms with Crippen LogP contribution >= 0.6 is 11.6 Å². The lowest BCUT2D eigenvalue weighted by Gasteiger charge is -2.18. The minimum Gasteiger partial charge on any atom is -0.478 e. The minimum atomic E-state index is -1.08. The molecular weight excluding hydrogens is 282 g/mol. The maximum Gasteiger partial charge on any atom is 0.335 e. The highest BCUT2D eigenvalue weighted by atomic mass is 35.5. The van der Waals surface area contributed by atoms with Gasteiger partial charge in [-0.25, -0.2) is 4.79 Å². The van der Waals surface area contributed by atoms with Crippen molar-refractivity contribution in [3.8, 4) is 0 Å². The van der Waals surface area contributed by atoms with E-state index in [9.17, 15) is 9.59 Å². The summed E-state index contributed by atoms with van der Waals surface area (Å²) in [4.78, 5) is 23.2. The molecule has 3 atom stereocenters. The Hall–Kier alpha value is -1.59. The van der Waals surface area contributed by atoms with Crippen molar-refractivity contribution in [1.29, 1.82) is 0 Å². The number of benzene rings is 1. The Morgan fingerprint density at radius 1 is 1.30 bits per heavy atom. The highest BCUT2D eigenvalue weighted by Crippen LogP contribution is 2.39. The number of aromatic carboxylic acids is 1. The van der Waals surface area contributed by atoms with Gasteiger partial charge >= 0.3 is 5.97 Å². The Labute approximate surface area is 120 Å². The number of halogens is 1. The van der Waals surface area contributed by atoms with Crippen molar-refractivity contribution in [3.05, 3.63) is 28.8 Å². The van der Waals surface area contributed by atoms with Crippen LogP contribution < -0.4 is 5.32 Å².